The van der Waals surface area contributed by atoms with E-state index in [0.717, 1.165) is 5.17 Å². The summed E-state index contributed by atoms with van der Waals surface area (Å²) in [5, 5.41) is 0.882. The monoisotopic (exact) mass is 140 g/mol. The van der Waals surface area contributed by atoms with Crippen LogP contribution in [-0.4, -0.2) is 23.2 Å². The Bertz CT molecular complexity index is 197. The maximum Gasteiger partial charge on any atom is 0.360 e. The van der Waals surface area contributed by atoms with Crippen molar-refractivity contribution in [2.45, 2.75) is 0 Å². The molecule has 53 valence electrons. The minimum absolute atomic E-state index is 0.882. The largest absolute Gasteiger partial charge is 0.360 e. The van der Waals surface area contributed by atoms with Gasteiger partial charge in [-0.05, 0) is 0 Å². The van der Waals surface area contributed by atoms with Crippen molar-refractivity contribution in [1.82, 2.24) is 9.66 Å². The number of hydrogen-bond donors (Lipinski definition) is 0. The van der Waals surface area contributed by atoms with Crippen LogP contribution in [0.1, 0.15) is 0 Å². The fourth-order valence-corrected chi connectivity index (χ4v) is 0.538. The van der Waals surface area contributed by atoms with E-state index in [1.54, 1.807) is 6.20 Å². The van der Waals surface area contributed by atoms with Crippen molar-refractivity contribution in [1.29, 1.82) is 0 Å². The van der Waals surface area contributed by atoms with Crippen LogP contribution in [0.3, 0.4) is 0 Å². The number of imidazole rings is 1. The highest BCUT2D eigenvalue weighted by Gasteiger charge is 1.99. The molecule has 0 aliphatic heterocycles. The first-order chi connectivity index (χ1) is 4.88. The van der Waals surface area contributed by atoms with Crippen LogP contribution in [-0.2, 0) is 9.63 Å². The van der Waals surface area contributed by atoms with E-state index in [-0.39, 0.29) is 0 Å². The van der Waals surface area contributed by atoms with Crippen LogP contribution in [0.25, 0.3) is 0 Å². The quantitative estimate of drug-likeness (QED) is 0.418. The molecule has 5 heteroatoms. The van der Waals surface area contributed by atoms with Gasteiger partial charge in [0.1, 0.15) is 6.33 Å². The molecule has 1 amide bonds. The Hall–Kier alpha value is -1.36. The Morgan fingerprint density at radius 3 is 3.00 bits per heavy atom. The molecule has 0 unspecified atom stereocenters. The maximum absolute atomic E-state index is 10.1. The molecule has 0 N–H and O–H groups in total. The Balaban J connectivity index is 2.73. The molecular weight excluding hydrogens is 134 g/mol. The molecule has 1 aromatic heterocycles. The smallest absolute Gasteiger partial charge is 0.259 e. The van der Waals surface area contributed by atoms with Gasteiger partial charge in [0.2, 0.25) is 0 Å². The van der Waals surface area contributed by atoms with Gasteiger partial charge in [0.25, 0.3) is 0 Å². The molecule has 1 aromatic rings. The van der Waals surface area contributed by atoms with Gasteiger partial charge in [-0.15, -0.1) is 5.17 Å². The molecule has 1 radical (unpaired) electrons. The minimum atomic E-state index is 0.882. The third-order valence-electron chi connectivity index (χ3n) is 0.951. The average molecular weight is 140 g/mol. The Kier molecular flexibility index (Phi) is 2.01. The summed E-state index contributed by atoms with van der Waals surface area (Å²) in [6, 6.07) is 0. The molecule has 0 aromatic carbocycles. The Labute approximate surface area is 57.8 Å². The lowest BCUT2D eigenvalue weighted by Gasteiger charge is -2.11. The van der Waals surface area contributed by atoms with E-state index in [4.69, 9.17) is 0 Å². The number of rotatable bonds is 3. The van der Waals surface area contributed by atoms with Gasteiger partial charge >= 0.3 is 6.41 Å². The van der Waals surface area contributed by atoms with Crippen molar-refractivity contribution in [2.24, 2.45) is 0 Å². The van der Waals surface area contributed by atoms with Crippen molar-refractivity contribution in [2.75, 3.05) is 12.3 Å². The summed E-state index contributed by atoms with van der Waals surface area (Å²) in [6.45, 7) is 0. The van der Waals surface area contributed by atoms with Crippen LogP contribution in [0, 0.1) is 0 Å². The van der Waals surface area contributed by atoms with E-state index in [0.29, 0.717) is 0 Å². The minimum Gasteiger partial charge on any atom is -0.259 e. The molecule has 0 saturated heterocycles. The van der Waals surface area contributed by atoms with E-state index < -0.39 is 0 Å². The molecule has 0 bridgehead atoms. The second kappa shape index (κ2) is 2.98. The zero-order chi connectivity index (χ0) is 7.40. The molecule has 0 aliphatic carbocycles. The summed E-state index contributed by atoms with van der Waals surface area (Å²) in [5.74, 6) is 0. The lowest BCUT2D eigenvalue weighted by molar-refractivity contribution is 0.146. The fourth-order valence-electron chi connectivity index (χ4n) is 0.538. The highest BCUT2D eigenvalue weighted by Crippen LogP contribution is 1.86. The zero-order valence-corrected chi connectivity index (χ0v) is 5.39. The standard InChI is InChI=1S/C5H6N3O2/c1-10-8(5-9)7-3-2-6-4-7/h2-4H,1H3. The first-order valence-corrected chi connectivity index (χ1v) is 2.58. The summed E-state index contributed by atoms with van der Waals surface area (Å²) < 4.78 is 1.35. The highest BCUT2D eigenvalue weighted by molar-refractivity contribution is 5.58. The predicted octanol–water partition coefficient (Wildman–Crippen LogP) is -0.550. The Morgan fingerprint density at radius 1 is 1.80 bits per heavy atom. The first-order valence-electron chi connectivity index (χ1n) is 2.58. The van der Waals surface area contributed by atoms with Crippen molar-refractivity contribution >= 4 is 6.41 Å². The van der Waals surface area contributed by atoms with Gasteiger partial charge < -0.3 is 0 Å². The molecule has 1 rings (SSSR count). The van der Waals surface area contributed by atoms with Gasteiger partial charge in [-0.1, -0.05) is 0 Å². The van der Waals surface area contributed by atoms with Gasteiger partial charge in [0.15, 0.2) is 0 Å². The predicted molar refractivity (Wildman–Crippen MR) is 33.1 cm³/mol. The summed E-state index contributed by atoms with van der Waals surface area (Å²) in [4.78, 5) is 18.3. The topological polar surface area (TPSA) is 47.4 Å². The molecule has 5 nitrogen and oxygen atoms in total. The molecule has 0 fully saturated rings. The normalized spacial score (nSPS) is 9.30. The molecule has 0 aliphatic rings. The van der Waals surface area contributed by atoms with E-state index in [1.807, 2.05) is 0 Å². The number of aromatic nitrogens is 2. The second-order valence-electron chi connectivity index (χ2n) is 1.49. The summed E-state index contributed by atoms with van der Waals surface area (Å²) in [7, 11) is 1.37. The zero-order valence-electron chi connectivity index (χ0n) is 5.39. The van der Waals surface area contributed by atoms with E-state index in [9.17, 15) is 4.79 Å². The summed E-state index contributed by atoms with van der Waals surface area (Å²) in [5.41, 5.74) is 0. The van der Waals surface area contributed by atoms with Crippen LogP contribution in [0.15, 0.2) is 18.7 Å². The van der Waals surface area contributed by atoms with Gasteiger partial charge in [0, 0.05) is 12.4 Å². The second-order valence-corrected chi connectivity index (χ2v) is 1.49. The summed E-state index contributed by atoms with van der Waals surface area (Å²) in [6.07, 6.45) is 6.06. The van der Waals surface area contributed by atoms with Crippen LogP contribution in [0.2, 0.25) is 0 Å². The van der Waals surface area contributed by atoms with Gasteiger partial charge in [-0.2, -0.15) is 0 Å². The van der Waals surface area contributed by atoms with Crippen LogP contribution < -0.4 is 5.17 Å². The van der Waals surface area contributed by atoms with Crippen LogP contribution in [0.5, 0.6) is 0 Å². The number of nitrogens with zero attached hydrogens (tertiary/aromatic N) is 3. The molecule has 0 spiro atoms. The van der Waals surface area contributed by atoms with Gasteiger partial charge in [0.05, 0.1) is 7.11 Å². The van der Waals surface area contributed by atoms with Gasteiger partial charge in [-0.3, -0.25) is 9.63 Å². The number of hydrogen-bond acceptors (Lipinski definition) is 3. The molecule has 10 heavy (non-hydrogen) atoms. The first kappa shape index (κ1) is 6.76. The molecular formula is C5H6N3O2. The van der Waals surface area contributed by atoms with Gasteiger partial charge in [-0.25, -0.2) is 9.66 Å². The lowest BCUT2D eigenvalue weighted by Crippen LogP contribution is -2.30. The van der Waals surface area contributed by atoms with Crippen molar-refractivity contribution in [3.63, 3.8) is 0 Å². The number of hydroxylamine groups is 1. The fraction of sp³-hybridized carbons (Fsp3) is 0.200. The highest BCUT2D eigenvalue weighted by atomic mass is 16.7. The third-order valence-corrected chi connectivity index (χ3v) is 0.951. The molecule has 0 saturated carbocycles. The van der Waals surface area contributed by atoms with E-state index >= 15 is 0 Å². The Morgan fingerprint density at radius 2 is 2.60 bits per heavy atom. The third kappa shape index (κ3) is 1.14. The van der Waals surface area contributed by atoms with Crippen molar-refractivity contribution < 1.29 is 9.63 Å². The SMILES string of the molecule is CON([C]=O)n1ccnc1. The van der Waals surface area contributed by atoms with E-state index in [2.05, 4.69) is 9.82 Å². The number of amides is 1. The lowest BCUT2D eigenvalue weighted by atomic mass is 10.9. The number of carbonyl (C=O) groups excluding carboxylic acids is 1. The van der Waals surface area contributed by atoms with Crippen LogP contribution >= 0.6 is 0 Å². The maximum atomic E-state index is 10.1. The molecule has 0 atom stereocenters. The van der Waals surface area contributed by atoms with Crippen molar-refractivity contribution in [3.05, 3.63) is 18.7 Å². The van der Waals surface area contributed by atoms with Crippen molar-refractivity contribution in [3.8, 4) is 0 Å². The van der Waals surface area contributed by atoms with Crippen LogP contribution in [0.4, 0.5) is 0 Å². The molecule has 1 heterocycles. The van der Waals surface area contributed by atoms with E-state index in [1.165, 1.54) is 30.7 Å². The average Bonchev–Trinajstić information content (AvgIpc) is 2.43. The summed E-state index contributed by atoms with van der Waals surface area (Å²) >= 11 is 0.